The molecule has 0 N–H and O–H groups in total. The standard InChI is InChI=1S/C13H13F3N2O3S/c1-22(19,20)11-8-17-18(9-11)7-6-10-4-2-3-5-12(10)21-13(14,15)16/h2-5,8-9H,6-7H2,1H3. The molecule has 0 aliphatic carbocycles. The fourth-order valence-electron chi connectivity index (χ4n) is 1.83. The summed E-state index contributed by atoms with van der Waals surface area (Å²) >= 11 is 0. The molecule has 0 radical (unpaired) electrons. The summed E-state index contributed by atoms with van der Waals surface area (Å²) in [6, 6.07) is 5.79. The lowest BCUT2D eigenvalue weighted by Crippen LogP contribution is -2.18. The first-order valence-electron chi connectivity index (χ1n) is 6.21. The quantitative estimate of drug-likeness (QED) is 0.842. The first-order valence-corrected chi connectivity index (χ1v) is 8.10. The minimum atomic E-state index is -4.76. The minimum absolute atomic E-state index is 0.0623. The Bertz CT molecular complexity index is 754. The van der Waals surface area contributed by atoms with Crippen molar-refractivity contribution in [1.82, 2.24) is 9.78 Å². The van der Waals surface area contributed by atoms with Gasteiger partial charge in [0.15, 0.2) is 9.84 Å². The molecule has 2 aromatic rings. The lowest BCUT2D eigenvalue weighted by Gasteiger charge is -2.13. The van der Waals surface area contributed by atoms with Crippen LogP contribution in [-0.4, -0.2) is 30.8 Å². The van der Waals surface area contributed by atoms with E-state index in [1.165, 1.54) is 35.3 Å². The average molecular weight is 334 g/mol. The monoisotopic (exact) mass is 334 g/mol. The second-order valence-electron chi connectivity index (χ2n) is 4.62. The largest absolute Gasteiger partial charge is 0.573 e. The van der Waals surface area contributed by atoms with Gasteiger partial charge in [-0.1, -0.05) is 18.2 Å². The third-order valence-corrected chi connectivity index (χ3v) is 3.91. The van der Waals surface area contributed by atoms with E-state index < -0.39 is 16.2 Å². The van der Waals surface area contributed by atoms with Gasteiger partial charge in [0.2, 0.25) is 0 Å². The summed E-state index contributed by atoms with van der Waals surface area (Å²) in [5.41, 5.74) is 0.358. The van der Waals surface area contributed by atoms with Gasteiger partial charge in [-0.15, -0.1) is 13.2 Å². The van der Waals surface area contributed by atoms with Crippen LogP contribution in [0.3, 0.4) is 0 Å². The zero-order chi connectivity index (χ0) is 16.4. The molecular weight excluding hydrogens is 321 g/mol. The Labute approximate surface area is 125 Å². The molecule has 0 atom stereocenters. The molecule has 0 unspecified atom stereocenters. The number of aryl methyl sites for hydroxylation is 2. The Balaban J connectivity index is 2.10. The number of aromatic nitrogens is 2. The van der Waals surface area contributed by atoms with Crippen molar-refractivity contribution in [1.29, 1.82) is 0 Å². The molecular formula is C13H13F3N2O3S. The number of hydrogen-bond donors (Lipinski definition) is 0. The molecule has 0 spiro atoms. The highest BCUT2D eigenvalue weighted by atomic mass is 32.2. The SMILES string of the molecule is CS(=O)(=O)c1cnn(CCc2ccccc2OC(F)(F)F)c1. The molecule has 0 saturated carbocycles. The Morgan fingerprint density at radius 2 is 1.95 bits per heavy atom. The van der Waals surface area contributed by atoms with Crippen LogP contribution in [-0.2, 0) is 22.8 Å². The van der Waals surface area contributed by atoms with E-state index in [1.807, 2.05) is 0 Å². The summed E-state index contributed by atoms with van der Waals surface area (Å²) in [4.78, 5) is 0.0623. The Morgan fingerprint density at radius 1 is 1.27 bits per heavy atom. The maximum atomic E-state index is 12.3. The number of sulfone groups is 1. The first-order chi connectivity index (χ1) is 10.1. The zero-order valence-electron chi connectivity index (χ0n) is 11.5. The number of rotatable bonds is 5. The fourth-order valence-corrected chi connectivity index (χ4v) is 2.38. The summed E-state index contributed by atoms with van der Waals surface area (Å²) in [5.74, 6) is -0.273. The van der Waals surface area contributed by atoms with E-state index in [9.17, 15) is 21.6 Å². The van der Waals surface area contributed by atoms with E-state index >= 15 is 0 Å². The van der Waals surface area contributed by atoms with Crippen LogP contribution in [0, 0.1) is 0 Å². The minimum Gasteiger partial charge on any atom is -0.406 e. The second-order valence-corrected chi connectivity index (χ2v) is 6.63. The number of halogens is 3. The van der Waals surface area contributed by atoms with Gasteiger partial charge >= 0.3 is 6.36 Å². The van der Waals surface area contributed by atoms with Gasteiger partial charge in [-0.25, -0.2) is 8.42 Å². The summed E-state index contributed by atoms with van der Waals surface area (Å²) in [6.45, 7) is 0.230. The van der Waals surface area contributed by atoms with E-state index in [0.717, 1.165) is 6.26 Å². The maximum absolute atomic E-state index is 12.3. The van der Waals surface area contributed by atoms with Gasteiger partial charge in [-0.2, -0.15) is 5.10 Å². The van der Waals surface area contributed by atoms with Crippen molar-refractivity contribution in [2.45, 2.75) is 24.2 Å². The molecule has 0 aliphatic rings. The summed E-state index contributed by atoms with van der Waals surface area (Å²) in [6.07, 6.45) is -0.945. The molecule has 1 aromatic carbocycles. The predicted molar refractivity (Wildman–Crippen MR) is 72.2 cm³/mol. The van der Waals surface area contributed by atoms with Crippen molar-refractivity contribution < 1.29 is 26.3 Å². The molecule has 1 aromatic heterocycles. The van der Waals surface area contributed by atoms with Crippen molar-refractivity contribution in [2.24, 2.45) is 0 Å². The number of hydrogen-bond acceptors (Lipinski definition) is 4. The smallest absolute Gasteiger partial charge is 0.406 e. The number of ether oxygens (including phenoxy) is 1. The number of alkyl halides is 3. The van der Waals surface area contributed by atoms with Gasteiger partial charge in [0.1, 0.15) is 10.6 Å². The maximum Gasteiger partial charge on any atom is 0.573 e. The number of nitrogens with zero attached hydrogens (tertiary/aromatic N) is 2. The van der Waals surface area contributed by atoms with E-state index in [4.69, 9.17) is 0 Å². The van der Waals surface area contributed by atoms with Crippen LogP contribution in [0.15, 0.2) is 41.6 Å². The second kappa shape index (κ2) is 5.99. The van der Waals surface area contributed by atoms with Crippen molar-refractivity contribution in [2.75, 3.05) is 6.26 Å². The molecule has 0 saturated heterocycles. The Kier molecular flexibility index (Phi) is 4.45. The summed E-state index contributed by atoms with van der Waals surface area (Å²) < 4.78 is 64.9. The molecule has 5 nitrogen and oxygen atoms in total. The zero-order valence-corrected chi connectivity index (χ0v) is 12.4. The van der Waals surface area contributed by atoms with Crippen molar-refractivity contribution in [3.05, 3.63) is 42.2 Å². The van der Waals surface area contributed by atoms with Crippen LogP contribution < -0.4 is 4.74 Å². The van der Waals surface area contributed by atoms with Crippen molar-refractivity contribution >= 4 is 9.84 Å². The lowest BCUT2D eigenvalue weighted by molar-refractivity contribution is -0.274. The molecule has 0 aliphatic heterocycles. The van der Waals surface area contributed by atoms with Gasteiger partial charge in [0.25, 0.3) is 0 Å². The summed E-state index contributed by atoms with van der Waals surface area (Å²) in [5, 5.41) is 3.88. The van der Waals surface area contributed by atoms with Crippen LogP contribution in [0.1, 0.15) is 5.56 Å². The van der Waals surface area contributed by atoms with Crippen LogP contribution >= 0.6 is 0 Å². The summed E-state index contributed by atoms with van der Waals surface area (Å²) in [7, 11) is -3.35. The van der Waals surface area contributed by atoms with E-state index in [2.05, 4.69) is 9.84 Å². The number of benzene rings is 1. The topological polar surface area (TPSA) is 61.2 Å². The van der Waals surface area contributed by atoms with Gasteiger partial charge < -0.3 is 4.74 Å². The fraction of sp³-hybridized carbons (Fsp3) is 0.308. The molecule has 22 heavy (non-hydrogen) atoms. The van der Waals surface area contributed by atoms with Crippen molar-refractivity contribution in [3.63, 3.8) is 0 Å². The molecule has 2 rings (SSSR count). The molecule has 120 valence electrons. The van der Waals surface area contributed by atoms with E-state index in [-0.39, 0.29) is 23.6 Å². The van der Waals surface area contributed by atoms with E-state index in [1.54, 1.807) is 6.07 Å². The third-order valence-electron chi connectivity index (χ3n) is 2.85. The van der Waals surface area contributed by atoms with Gasteiger partial charge in [0, 0.05) is 19.0 Å². The third kappa shape index (κ3) is 4.48. The molecule has 0 bridgehead atoms. The van der Waals surface area contributed by atoms with Crippen molar-refractivity contribution in [3.8, 4) is 5.75 Å². The highest BCUT2D eigenvalue weighted by Gasteiger charge is 2.31. The normalized spacial score (nSPS) is 12.4. The molecule has 0 fully saturated rings. The molecule has 9 heteroatoms. The van der Waals surface area contributed by atoms with Gasteiger partial charge in [0.05, 0.1) is 6.20 Å². The van der Waals surface area contributed by atoms with E-state index in [0.29, 0.717) is 5.56 Å². The number of para-hydroxylation sites is 1. The van der Waals surface area contributed by atoms with Crippen LogP contribution in [0.25, 0.3) is 0 Å². The highest BCUT2D eigenvalue weighted by Crippen LogP contribution is 2.26. The molecule has 1 heterocycles. The van der Waals surface area contributed by atoms with Crippen LogP contribution in [0.5, 0.6) is 5.75 Å². The van der Waals surface area contributed by atoms with Crippen LogP contribution in [0.4, 0.5) is 13.2 Å². The predicted octanol–water partition coefficient (Wildman–Crippen LogP) is 2.43. The van der Waals surface area contributed by atoms with Gasteiger partial charge in [-0.05, 0) is 18.1 Å². The average Bonchev–Trinajstić information content (AvgIpc) is 2.84. The Morgan fingerprint density at radius 3 is 2.55 bits per heavy atom. The Hall–Kier alpha value is -2.03. The molecule has 0 amide bonds. The lowest BCUT2D eigenvalue weighted by atomic mass is 10.1. The van der Waals surface area contributed by atoms with Gasteiger partial charge in [-0.3, -0.25) is 4.68 Å². The van der Waals surface area contributed by atoms with Crippen LogP contribution in [0.2, 0.25) is 0 Å². The highest BCUT2D eigenvalue weighted by molar-refractivity contribution is 7.90. The first kappa shape index (κ1) is 16.3.